The SMILES string of the molecule is CCN1CCn2c(cc3c(Br)cc(Cl)c(Cl)c32)C1=O. The molecule has 0 saturated carbocycles. The highest BCUT2D eigenvalue weighted by Crippen LogP contribution is 2.39. The van der Waals surface area contributed by atoms with Gasteiger partial charge in [-0.15, -0.1) is 0 Å². The van der Waals surface area contributed by atoms with Crippen LogP contribution in [-0.4, -0.2) is 28.5 Å². The van der Waals surface area contributed by atoms with E-state index in [0.717, 1.165) is 28.5 Å². The van der Waals surface area contributed by atoms with Crippen LogP contribution in [0, 0.1) is 0 Å². The van der Waals surface area contributed by atoms with Crippen molar-refractivity contribution in [1.82, 2.24) is 9.47 Å². The van der Waals surface area contributed by atoms with Crippen molar-refractivity contribution < 1.29 is 4.79 Å². The normalized spacial score (nSPS) is 15.2. The van der Waals surface area contributed by atoms with E-state index in [2.05, 4.69) is 15.9 Å². The van der Waals surface area contributed by atoms with Gasteiger partial charge >= 0.3 is 0 Å². The zero-order chi connectivity index (χ0) is 13.7. The second-order valence-corrected chi connectivity index (χ2v) is 6.12. The van der Waals surface area contributed by atoms with E-state index in [1.807, 2.05) is 22.5 Å². The number of fused-ring (bicyclic) bond motifs is 3. The van der Waals surface area contributed by atoms with Gasteiger partial charge in [0, 0.05) is 29.5 Å². The number of carbonyl (C=O) groups is 1. The van der Waals surface area contributed by atoms with Crippen molar-refractivity contribution in [2.45, 2.75) is 13.5 Å². The largest absolute Gasteiger partial charge is 0.336 e. The molecule has 1 aliphatic heterocycles. The summed E-state index contributed by atoms with van der Waals surface area (Å²) in [6.45, 7) is 4.14. The molecule has 1 aromatic carbocycles. The third-order valence-electron chi connectivity index (χ3n) is 3.51. The van der Waals surface area contributed by atoms with Gasteiger partial charge in [0.15, 0.2) is 0 Å². The maximum absolute atomic E-state index is 12.3. The summed E-state index contributed by atoms with van der Waals surface area (Å²) < 4.78 is 2.82. The summed E-state index contributed by atoms with van der Waals surface area (Å²) in [5, 5.41) is 1.92. The molecule has 1 amide bonds. The van der Waals surface area contributed by atoms with E-state index in [4.69, 9.17) is 23.2 Å². The molecule has 2 aromatic rings. The molecule has 6 heteroatoms. The molecule has 0 bridgehead atoms. The molecule has 0 unspecified atom stereocenters. The van der Waals surface area contributed by atoms with Crippen LogP contribution in [0.25, 0.3) is 10.9 Å². The average Bonchev–Trinajstić information content (AvgIpc) is 2.77. The van der Waals surface area contributed by atoms with Crippen LogP contribution in [-0.2, 0) is 6.54 Å². The summed E-state index contributed by atoms with van der Waals surface area (Å²) in [5.41, 5.74) is 1.51. The highest BCUT2D eigenvalue weighted by atomic mass is 79.9. The van der Waals surface area contributed by atoms with E-state index < -0.39 is 0 Å². The van der Waals surface area contributed by atoms with Gasteiger partial charge < -0.3 is 9.47 Å². The van der Waals surface area contributed by atoms with Gasteiger partial charge in [0.25, 0.3) is 5.91 Å². The second-order valence-electron chi connectivity index (χ2n) is 4.48. The number of carbonyl (C=O) groups excluding carboxylic acids is 1. The Bertz CT molecular complexity index is 696. The molecule has 0 saturated heterocycles. The molecule has 0 aliphatic carbocycles. The minimum absolute atomic E-state index is 0.0454. The summed E-state index contributed by atoms with van der Waals surface area (Å²) in [7, 11) is 0. The van der Waals surface area contributed by atoms with Crippen molar-refractivity contribution in [2.75, 3.05) is 13.1 Å². The zero-order valence-corrected chi connectivity index (χ0v) is 13.3. The Morgan fingerprint density at radius 3 is 2.74 bits per heavy atom. The number of amides is 1. The van der Waals surface area contributed by atoms with Crippen LogP contribution in [0.4, 0.5) is 0 Å². The zero-order valence-electron chi connectivity index (χ0n) is 10.2. The van der Waals surface area contributed by atoms with E-state index >= 15 is 0 Å². The third-order valence-corrected chi connectivity index (χ3v) is 4.94. The van der Waals surface area contributed by atoms with Crippen molar-refractivity contribution in [3.05, 3.63) is 32.3 Å². The van der Waals surface area contributed by atoms with Gasteiger partial charge in [-0.25, -0.2) is 0 Å². The standard InChI is InChI=1S/C13H11BrCl2N2O/c1-2-17-3-4-18-10(13(17)19)5-7-8(14)6-9(15)11(16)12(7)18/h5-6H,2-4H2,1H3. The number of benzene rings is 1. The Morgan fingerprint density at radius 1 is 1.32 bits per heavy atom. The van der Waals surface area contributed by atoms with Crippen molar-refractivity contribution in [2.24, 2.45) is 0 Å². The summed E-state index contributed by atoms with van der Waals surface area (Å²) in [5.74, 6) is 0.0454. The lowest BCUT2D eigenvalue weighted by atomic mass is 10.2. The molecule has 19 heavy (non-hydrogen) atoms. The summed E-state index contributed by atoms with van der Waals surface area (Å²) in [4.78, 5) is 14.2. The highest BCUT2D eigenvalue weighted by Gasteiger charge is 2.27. The molecule has 3 nitrogen and oxygen atoms in total. The van der Waals surface area contributed by atoms with Crippen LogP contribution in [0.3, 0.4) is 0 Å². The molecule has 0 fully saturated rings. The maximum Gasteiger partial charge on any atom is 0.270 e. The maximum atomic E-state index is 12.3. The molecule has 100 valence electrons. The summed E-state index contributed by atoms with van der Waals surface area (Å²) in [6.07, 6.45) is 0. The molecule has 3 rings (SSSR count). The van der Waals surface area contributed by atoms with Gasteiger partial charge in [0.05, 0.1) is 15.6 Å². The Hall–Kier alpha value is -0.710. The lowest BCUT2D eigenvalue weighted by Crippen LogP contribution is -2.39. The van der Waals surface area contributed by atoms with Crippen LogP contribution in [0.5, 0.6) is 0 Å². The van der Waals surface area contributed by atoms with Crippen molar-refractivity contribution in [1.29, 1.82) is 0 Å². The van der Waals surface area contributed by atoms with Crippen LogP contribution in [0.1, 0.15) is 17.4 Å². The van der Waals surface area contributed by atoms with Crippen molar-refractivity contribution in [3.63, 3.8) is 0 Å². The number of hydrogen-bond donors (Lipinski definition) is 0. The first-order valence-electron chi connectivity index (χ1n) is 6.00. The van der Waals surface area contributed by atoms with Crippen LogP contribution < -0.4 is 0 Å². The first-order valence-corrected chi connectivity index (χ1v) is 7.55. The number of aromatic nitrogens is 1. The molecular formula is C13H11BrCl2N2O. The third kappa shape index (κ3) is 1.89. The minimum Gasteiger partial charge on any atom is -0.336 e. The Morgan fingerprint density at radius 2 is 2.05 bits per heavy atom. The number of rotatable bonds is 1. The first kappa shape index (κ1) is 13.3. The van der Waals surface area contributed by atoms with Gasteiger partial charge in [-0.05, 0) is 19.1 Å². The fourth-order valence-corrected chi connectivity index (χ4v) is 3.65. The number of hydrogen-bond acceptors (Lipinski definition) is 1. The average molecular weight is 362 g/mol. The van der Waals surface area contributed by atoms with E-state index in [9.17, 15) is 4.79 Å². The van der Waals surface area contributed by atoms with Gasteiger partial charge in [-0.2, -0.15) is 0 Å². The van der Waals surface area contributed by atoms with Gasteiger partial charge in [-0.1, -0.05) is 39.1 Å². The fraction of sp³-hybridized carbons (Fsp3) is 0.308. The van der Waals surface area contributed by atoms with Crippen LogP contribution in [0.2, 0.25) is 10.0 Å². The van der Waals surface area contributed by atoms with Crippen molar-refractivity contribution in [3.8, 4) is 0 Å². The second kappa shape index (κ2) is 4.69. The Labute approximate surface area is 129 Å². The molecular weight excluding hydrogens is 351 g/mol. The summed E-state index contributed by atoms with van der Waals surface area (Å²) >= 11 is 15.9. The van der Waals surface area contributed by atoms with Gasteiger partial charge in [-0.3, -0.25) is 4.79 Å². The fourth-order valence-electron chi connectivity index (χ4n) is 2.53. The molecule has 0 radical (unpaired) electrons. The molecule has 2 heterocycles. The van der Waals surface area contributed by atoms with E-state index in [-0.39, 0.29) is 5.91 Å². The molecule has 1 aromatic heterocycles. The molecule has 0 spiro atoms. The molecule has 0 atom stereocenters. The van der Waals surface area contributed by atoms with Gasteiger partial charge in [0.1, 0.15) is 5.69 Å². The molecule has 1 aliphatic rings. The Balaban J connectivity index is 2.33. The van der Waals surface area contributed by atoms with E-state index in [1.54, 1.807) is 6.07 Å². The van der Waals surface area contributed by atoms with Crippen molar-refractivity contribution >= 4 is 55.9 Å². The van der Waals surface area contributed by atoms with Crippen LogP contribution in [0.15, 0.2) is 16.6 Å². The first-order chi connectivity index (χ1) is 9.04. The predicted molar refractivity (Wildman–Crippen MR) is 81.2 cm³/mol. The number of halogens is 3. The molecule has 0 N–H and O–H groups in total. The lowest BCUT2D eigenvalue weighted by molar-refractivity contribution is 0.0717. The summed E-state index contributed by atoms with van der Waals surface area (Å²) in [6, 6.07) is 3.64. The van der Waals surface area contributed by atoms with Crippen LogP contribution >= 0.6 is 39.1 Å². The van der Waals surface area contributed by atoms with E-state index in [0.29, 0.717) is 22.3 Å². The monoisotopic (exact) mass is 360 g/mol. The van der Waals surface area contributed by atoms with Gasteiger partial charge in [0.2, 0.25) is 0 Å². The quantitative estimate of drug-likeness (QED) is 0.699. The topological polar surface area (TPSA) is 25.2 Å². The van der Waals surface area contributed by atoms with E-state index in [1.165, 1.54) is 0 Å². The Kier molecular flexibility index (Phi) is 3.28. The number of likely N-dealkylation sites (N-methyl/N-ethyl adjacent to an activating group) is 1. The minimum atomic E-state index is 0.0454. The predicted octanol–water partition coefficient (Wildman–Crippen LogP) is 4.19. The number of nitrogens with zero attached hydrogens (tertiary/aromatic N) is 2. The lowest BCUT2D eigenvalue weighted by Gasteiger charge is -2.27. The highest BCUT2D eigenvalue weighted by molar-refractivity contribution is 9.10. The smallest absolute Gasteiger partial charge is 0.270 e.